The first-order valence-electron chi connectivity index (χ1n) is 11.5. The summed E-state index contributed by atoms with van der Waals surface area (Å²) in [6, 6.07) is 4.04. The number of anilines is 1. The van der Waals surface area contributed by atoms with E-state index in [4.69, 9.17) is 4.74 Å². The molecule has 0 spiro atoms. The van der Waals surface area contributed by atoms with E-state index in [0.29, 0.717) is 50.3 Å². The van der Waals surface area contributed by atoms with Crippen molar-refractivity contribution in [3.8, 4) is 11.3 Å². The quantitative estimate of drug-likeness (QED) is 0.573. The van der Waals surface area contributed by atoms with Gasteiger partial charge in [0, 0.05) is 24.0 Å². The molecule has 1 amide bonds. The third-order valence-corrected chi connectivity index (χ3v) is 6.83. The van der Waals surface area contributed by atoms with Crippen LogP contribution in [0.4, 0.5) is 18.3 Å². The molecule has 2 aliphatic heterocycles. The lowest BCUT2D eigenvalue weighted by Crippen LogP contribution is -2.46. The molecule has 3 heterocycles. The van der Waals surface area contributed by atoms with Gasteiger partial charge in [-0.25, -0.2) is 9.98 Å². The number of nitrogens with one attached hydrogen (secondary N) is 2. The summed E-state index contributed by atoms with van der Waals surface area (Å²) in [5.41, 5.74) is 0.340. The summed E-state index contributed by atoms with van der Waals surface area (Å²) in [4.78, 5) is 35.3. The maximum atomic E-state index is 13.2. The van der Waals surface area contributed by atoms with Crippen LogP contribution in [0.15, 0.2) is 40.5 Å². The summed E-state index contributed by atoms with van der Waals surface area (Å²) in [6.45, 7) is 5.28. The number of carbonyl (C=O) groups excluding carboxylic acids is 2. The second-order valence-corrected chi connectivity index (χ2v) is 9.33. The van der Waals surface area contributed by atoms with Gasteiger partial charge in [-0.05, 0) is 38.3 Å². The number of hydrogen-bond donors (Lipinski definition) is 2. The molecule has 2 aromatic rings. The zero-order valence-corrected chi connectivity index (χ0v) is 20.6. The molecular formula is C24H26F3N5O3S. The number of hydrogen-bond acceptors (Lipinski definition) is 8. The van der Waals surface area contributed by atoms with Crippen molar-refractivity contribution in [2.45, 2.75) is 32.9 Å². The Labute approximate surface area is 210 Å². The molecule has 0 atom stereocenters. The van der Waals surface area contributed by atoms with Crippen LogP contribution < -0.4 is 10.6 Å². The van der Waals surface area contributed by atoms with E-state index in [-0.39, 0.29) is 28.3 Å². The minimum atomic E-state index is -4.46. The molecule has 12 heteroatoms. The van der Waals surface area contributed by atoms with E-state index in [1.807, 2.05) is 0 Å². The van der Waals surface area contributed by atoms with Crippen LogP contribution in [0.2, 0.25) is 0 Å². The minimum Gasteiger partial charge on any atom is -0.466 e. The van der Waals surface area contributed by atoms with Crippen LogP contribution in [-0.2, 0) is 20.5 Å². The molecule has 1 fully saturated rings. The van der Waals surface area contributed by atoms with Gasteiger partial charge in [0.15, 0.2) is 5.13 Å². The molecule has 2 N–H and O–H groups in total. The SMILES string of the molecule is CCOC(=O)C1CCN(C2=NC=C(C(=O)Nc3nc(-c4ccc(C)c(C(F)(F)F)c4)cs3)NC2)CC1. The lowest BCUT2D eigenvalue weighted by molar-refractivity contribution is -0.149. The van der Waals surface area contributed by atoms with Crippen molar-refractivity contribution in [3.63, 3.8) is 0 Å². The van der Waals surface area contributed by atoms with E-state index in [1.54, 1.807) is 18.4 Å². The summed E-state index contributed by atoms with van der Waals surface area (Å²) in [6.07, 6.45) is -1.64. The number of nitrogens with zero attached hydrogens (tertiary/aromatic N) is 3. The smallest absolute Gasteiger partial charge is 0.416 e. The van der Waals surface area contributed by atoms with Gasteiger partial charge >= 0.3 is 12.1 Å². The molecule has 0 saturated carbocycles. The fourth-order valence-corrected chi connectivity index (χ4v) is 4.80. The molecular weight excluding hydrogens is 495 g/mol. The molecule has 1 aromatic heterocycles. The van der Waals surface area contributed by atoms with Gasteiger partial charge in [0.05, 0.1) is 36.5 Å². The minimum absolute atomic E-state index is 0.0987. The van der Waals surface area contributed by atoms with Crippen LogP contribution in [0.1, 0.15) is 30.9 Å². The number of amides is 1. The lowest BCUT2D eigenvalue weighted by Gasteiger charge is -2.34. The molecule has 1 aromatic carbocycles. The number of likely N-dealkylation sites (tertiary alicyclic amines) is 1. The lowest BCUT2D eigenvalue weighted by atomic mass is 9.97. The number of halogens is 3. The van der Waals surface area contributed by atoms with E-state index < -0.39 is 17.6 Å². The number of esters is 1. The predicted octanol–water partition coefficient (Wildman–Crippen LogP) is 4.19. The highest BCUT2D eigenvalue weighted by Gasteiger charge is 2.33. The van der Waals surface area contributed by atoms with Gasteiger partial charge in [-0.2, -0.15) is 13.2 Å². The number of aromatic nitrogens is 1. The van der Waals surface area contributed by atoms with Crippen molar-refractivity contribution >= 4 is 34.2 Å². The van der Waals surface area contributed by atoms with Crippen LogP contribution in [0, 0.1) is 12.8 Å². The van der Waals surface area contributed by atoms with Gasteiger partial charge in [-0.3, -0.25) is 14.9 Å². The van der Waals surface area contributed by atoms with Crippen LogP contribution in [0.25, 0.3) is 11.3 Å². The number of rotatable bonds is 5. The predicted molar refractivity (Wildman–Crippen MR) is 130 cm³/mol. The largest absolute Gasteiger partial charge is 0.466 e. The number of benzene rings is 1. The number of alkyl halides is 3. The van der Waals surface area contributed by atoms with Gasteiger partial charge in [0.1, 0.15) is 11.5 Å². The summed E-state index contributed by atoms with van der Waals surface area (Å²) < 4.78 is 44.8. The van der Waals surface area contributed by atoms with E-state index in [2.05, 4.69) is 25.5 Å². The Morgan fingerprint density at radius 3 is 2.67 bits per heavy atom. The summed E-state index contributed by atoms with van der Waals surface area (Å²) in [7, 11) is 0. The Kier molecular flexibility index (Phi) is 7.62. The fourth-order valence-electron chi connectivity index (χ4n) is 4.09. The molecule has 1 saturated heterocycles. The van der Waals surface area contributed by atoms with Crippen molar-refractivity contribution in [1.29, 1.82) is 0 Å². The van der Waals surface area contributed by atoms with Crippen molar-refractivity contribution in [1.82, 2.24) is 15.2 Å². The first kappa shape index (κ1) is 25.7. The van der Waals surface area contributed by atoms with Crippen molar-refractivity contribution in [2.24, 2.45) is 10.9 Å². The van der Waals surface area contributed by atoms with E-state index in [0.717, 1.165) is 23.2 Å². The third-order valence-electron chi connectivity index (χ3n) is 6.07. The van der Waals surface area contributed by atoms with Crippen molar-refractivity contribution < 1.29 is 27.5 Å². The topological polar surface area (TPSA) is 95.9 Å². The number of carbonyl (C=O) groups is 2. The Hall–Kier alpha value is -3.41. The second-order valence-electron chi connectivity index (χ2n) is 8.47. The Morgan fingerprint density at radius 2 is 2.03 bits per heavy atom. The molecule has 0 unspecified atom stereocenters. The molecule has 36 heavy (non-hydrogen) atoms. The zero-order valence-electron chi connectivity index (χ0n) is 19.8. The Morgan fingerprint density at radius 1 is 1.28 bits per heavy atom. The zero-order chi connectivity index (χ0) is 25.9. The van der Waals surface area contributed by atoms with Crippen LogP contribution in [0.3, 0.4) is 0 Å². The normalized spacial score (nSPS) is 16.6. The third kappa shape index (κ3) is 5.86. The number of piperidine rings is 1. The number of aryl methyl sites for hydroxylation is 1. The maximum absolute atomic E-state index is 13.2. The average molecular weight is 522 g/mol. The van der Waals surface area contributed by atoms with Crippen molar-refractivity contribution in [3.05, 3.63) is 46.6 Å². The molecule has 0 aliphatic carbocycles. The fraction of sp³-hybridized carbons (Fsp3) is 0.417. The highest BCUT2D eigenvalue weighted by atomic mass is 32.1. The number of aliphatic imine (C=N–C) groups is 1. The number of thiazole rings is 1. The average Bonchev–Trinajstić information content (AvgIpc) is 3.32. The highest BCUT2D eigenvalue weighted by Crippen LogP contribution is 2.35. The van der Waals surface area contributed by atoms with E-state index in [9.17, 15) is 22.8 Å². The van der Waals surface area contributed by atoms with Gasteiger partial charge in [0.2, 0.25) is 0 Å². The van der Waals surface area contributed by atoms with Gasteiger partial charge in [0.25, 0.3) is 5.91 Å². The monoisotopic (exact) mass is 521 g/mol. The van der Waals surface area contributed by atoms with Gasteiger partial charge in [-0.1, -0.05) is 12.1 Å². The van der Waals surface area contributed by atoms with Crippen LogP contribution in [-0.4, -0.2) is 53.8 Å². The van der Waals surface area contributed by atoms with Gasteiger partial charge in [-0.15, -0.1) is 11.3 Å². The first-order valence-corrected chi connectivity index (χ1v) is 12.4. The molecule has 0 bridgehead atoms. The molecule has 4 rings (SSSR count). The maximum Gasteiger partial charge on any atom is 0.416 e. The Balaban J connectivity index is 1.36. The summed E-state index contributed by atoms with van der Waals surface area (Å²) in [5.74, 6) is 0.0800. The van der Waals surface area contributed by atoms with Gasteiger partial charge < -0.3 is 15.0 Å². The van der Waals surface area contributed by atoms with Crippen LogP contribution in [0.5, 0.6) is 0 Å². The summed E-state index contributed by atoms with van der Waals surface area (Å²) >= 11 is 1.12. The second kappa shape index (κ2) is 10.7. The molecule has 192 valence electrons. The number of ether oxygens (including phenoxy) is 1. The standard InChI is InChI=1S/C24H26F3N5O3S/c1-3-35-22(34)15-6-8-32(9-7-15)20-12-28-18(11-29-20)21(33)31-23-30-19(13-36-23)16-5-4-14(2)17(10-16)24(25,26)27/h4-5,10-11,13,15,28H,3,6-9,12H2,1-2H3,(H,30,31,33). The van der Waals surface area contributed by atoms with Crippen molar-refractivity contribution in [2.75, 3.05) is 31.6 Å². The number of amidine groups is 1. The van der Waals surface area contributed by atoms with Crippen LogP contribution >= 0.6 is 11.3 Å². The molecule has 8 nitrogen and oxygen atoms in total. The first-order chi connectivity index (χ1) is 17.2. The molecule has 0 radical (unpaired) electrons. The Bertz CT molecular complexity index is 1200. The molecule has 2 aliphatic rings. The highest BCUT2D eigenvalue weighted by molar-refractivity contribution is 7.14. The summed E-state index contributed by atoms with van der Waals surface area (Å²) in [5, 5.41) is 7.57. The van der Waals surface area contributed by atoms with E-state index in [1.165, 1.54) is 19.2 Å². The van der Waals surface area contributed by atoms with E-state index >= 15 is 0 Å².